The van der Waals surface area contributed by atoms with Crippen LogP contribution in [0.1, 0.15) is 35.2 Å². The molecule has 1 fully saturated rings. The Hall–Kier alpha value is -2.64. The van der Waals surface area contributed by atoms with Crippen molar-refractivity contribution in [3.63, 3.8) is 0 Å². The number of benzene rings is 1. The number of nitrogens with one attached hydrogen (secondary N) is 1. The van der Waals surface area contributed by atoms with E-state index < -0.39 is 22.3 Å². The maximum atomic E-state index is 12.3. The van der Waals surface area contributed by atoms with Gasteiger partial charge in [-0.3, -0.25) is 14.9 Å². The first-order valence-electron chi connectivity index (χ1n) is 6.69. The number of hydrogen-bond donors (Lipinski definition) is 2. The Labute approximate surface area is 126 Å². The number of aliphatic carboxylic acids is 1. The summed E-state index contributed by atoms with van der Waals surface area (Å²) in [7, 11) is 1.35. The molecule has 0 aliphatic heterocycles. The summed E-state index contributed by atoms with van der Waals surface area (Å²) < 4.78 is 5.04. The number of methoxy groups -OCH3 is 1. The quantitative estimate of drug-likeness (QED) is 0.630. The van der Waals surface area contributed by atoms with Crippen molar-refractivity contribution >= 4 is 17.6 Å². The van der Waals surface area contributed by atoms with E-state index in [1.165, 1.54) is 20.1 Å². The summed E-state index contributed by atoms with van der Waals surface area (Å²) >= 11 is 0. The summed E-state index contributed by atoms with van der Waals surface area (Å²) in [6.45, 7) is 1.52. The fourth-order valence-corrected chi connectivity index (χ4v) is 2.42. The number of nitro benzene ring substituents is 1. The van der Waals surface area contributed by atoms with Gasteiger partial charge in [-0.1, -0.05) is 0 Å². The minimum atomic E-state index is -1.27. The average molecular weight is 308 g/mol. The van der Waals surface area contributed by atoms with Gasteiger partial charge < -0.3 is 15.2 Å². The zero-order valence-electron chi connectivity index (χ0n) is 12.2. The Bertz CT molecular complexity index is 651. The molecule has 0 aromatic heterocycles. The first-order valence-corrected chi connectivity index (χ1v) is 6.69. The Morgan fingerprint density at radius 1 is 1.41 bits per heavy atom. The van der Waals surface area contributed by atoms with E-state index >= 15 is 0 Å². The highest BCUT2D eigenvalue weighted by Gasteiger charge is 2.45. The number of rotatable bonds is 5. The summed E-state index contributed by atoms with van der Waals surface area (Å²) in [5.74, 6) is -1.55. The third kappa shape index (κ3) is 2.59. The second kappa shape index (κ2) is 5.63. The van der Waals surface area contributed by atoms with Crippen molar-refractivity contribution < 1.29 is 24.4 Å². The van der Waals surface area contributed by atoms with E-state index in [2.05, 4.69) is 5.32 Å². The van der Waals surface area contributed by atoms with Crippen LogP contribution >= 0.6 is 0 Å². The standard InChI is InChI=1S/C14H16N2O6/c1-8-10(16(20)21)6-9(7-11(8)22-2)12(17)15-14(13(18)19)4-3-5-14/h6-7H,3-5H2,1-2H3,(H,15,17)(H,18,19). The summed E-state index contributed by atoms with van der Waals surface area (Å²) in [5.41, 5.74) is -1.21. The molecule has 0 atom stereocenters. The van der Waals surface area contributed by atoms with E-state index in [9.17, 15) is 24.8 Å². The molecule has 1 aliphatic carbocycles. The molecule has 2 N–H and O–H groups in total. The van der Waals surface area contributed by atoms with Crippen molar-refractivity contribution in [2.45, 2.75) is 31.7 Å². The predicted octanol–water partition coefficient (Wildman–Crippen LogP) is 1.65. The van der Waals surface area contributed by atoms with Crippen LogP contribution in [0.25, 0.3) is 0 Å². The molecule has 1 aromatic rings. The summed E-state index contributed by atoms with van der Waals surface area (Å²) in [6, 6.07) is 2.49. The van der Waals surface area contributed by atoms with E-state index in [0.717, 1.165) is 6.07 Å². The molecule has 8 heteroatoms. The largest absolute Gasteiger partial charge is 0.496 e. The lowest BCUT2D eigenvalue weighted by Gasteiger charge is -2.38. The molecule has 0 spiro atoms. The highest BCUT2D eigenvalue weighted by molar-refractivity contribution is 5.99. The lowest BCUT2D eigenvalue weighted by Crippen LogP contribution is -2.59. The van der Waals surface area contributed by atoms with Crippen LogP contribution < -0.4 is 10.1 Å². The van der Waals surface area contributed by atoms with Gasteiger partial charge in [0.1, 0.15) is 11.3 Å². The van der Waals surface area contributed by atoms with Gasteiger partial charge in [0.15, 0.2) is 0 Å². The molecule has 0 saturated heterocycles. The minimum Gasteiger partial charge on any atom is -0.496 e. The number of carbonyl (C=O) groups is 2. The van der Waals surface area contributed by atoms with Gasteiger partial charge in [0.2, 0.25) is 0 Å². The Balaban J connectivity index is 2.36. The fraction of sp³-hybridized carbons (Fsp3) is 0.429. The van der Waals surface area contributed by atoms with Gasteiger partial charge in [-0.15, -0.1) is 0 Å². The van der Waals surface area contributed by atoms with Gasteiger partial charge >= 0.3 is 5.97 Å². The Morgan fingerprint density at radius 3 is 2.45 bits per heavy atom. The van der Waals surface area contributed by atoms with Gasteiger partial charge in [-0.25, -0.2) is 4.79 Å². The molecule has 0 bridgehead atoms. The summed E-state index contributed by atoms with van der Waals surface area (Å²) in [5, 5.41) is 22.7. The van der Waals surface area contributed by atoms with Crippen LogP contribution in [0.15, 0.2) is 12.1 Å². The minimum absolute atomic E-state index is 0.00155. The highest BCUT2D eigenvalue weighted by atomic mass is 16.6. The lowest BCUT2D eigenvalue weighted by molar-refractivity contribution is -0.385. The van der Waals surface area contributed by atoms with Crippen molar-refractivity contribution in [3.05, 3.63) is 33.4 Å². The highest BCUT2D eigenvalue weighted by Crippen LogP contribution is 2.33. The number of nitro groups is 1. The van der Waals surface area contributed by atoms with Crippen LogP contribution in [0.3, 0.4) is 0 Å². The van der Waals surface area contributed by atoms with Crippen molar-refractivity contribution in [2.24, 2.45) is 0 Å². The second-order valence-corrected chi connectivity index (χ2v) is 5.27. The van der Waals surface area contributed by atoms with Crippen LogP contribution in [0.2, 0.25) is 0 Å². The second-order valence-electron chi connectivity index (χ2n) is 5.27. The summed E-state index contributed by atoms with van der Waals surface area (Å²) in [4.78, 5) is 34.0. The van der Waals surface area contributed by atoms with Crippen molar-refractivity contribution in [3.8, 4) is 5.75 Å². The smallest absolute Gasteiger partial charge is 0.329 e. The molecule has 0 radical (unpaired) electrons. The normalized spacial score (nSPS) is 15.5. The van der Waals surface area contributed by atoms with Gasteiger partial charge in [-0.05, 0) is 32.3 Å². The number of carboxylic acid groups (broad SMARTS) is 1. The number of amides is 1. The zero-order valence-corrected chi connectivity index (χ0v) is 12.2. The van der Waals surface area contributed by atoms with Gasteiger partial charge in [0.25, 0.3) is 11.6 Å². The number of ether oxygens (including phenoxy) is 1. The molecule has 1 aliphatic rings. The maximum Gasteiger partial charge on any atom is 0.329 e. The maximum absolute atomic E-state index is 12.3. The molecule has 0 heterocycles. The Kier molecular flexibility index (Phi) is 4.03. The zero-order chi connectivity index (χ0) is 16.5. The van der Waals surface area contributed by atoms with Crippen molar-refractivity contribution in [1.82, 2.24) is 5.32 Å². The van der Waals surface area contributed by atoms with Crippen LogP contribution in [0.5, 0.6) is 5.75 Å². The predicted molar refractivity (Wildman–Crippen MR) is 76.1 cm³/mol. The lowest BCUT2D eigenvalue weighted by atomic mass is 9.76. The van der Waals surface area contributed by atoms with Crippen LogP contribution in [0.4, 0.5) is 5.69 Å². The van der Waals surface area contributed by atoms with E-state index in [1.54, 1.807) is 0 Å². The van der Waals surface area contributed by atoms with Crippen LogP contribution in [-0.4, -0.2) is 34.6 Å². The topological polar surface area (TPSA) is 119 Å². The molecule has 118 valence electrons. The fourth-order valence-electron chi connectivity index (χ4n) is 2.42. The molecule has 1 amide bonds. The van der Waals surface area contributed by atoms with Crippen LogP contribution in [0, 0.1) is 17.0 Å². The molecule has 2 rings (SSSR count). The molecule has 1 aromatic carbocycles. The molecule has 0 unspecified atom stereocenters. The van der Waals surface area contributed by atoms with E-state index in [0.29, 0.717) is 24.8 Å². The van der Waals surface area contributed by atoms with Gasteiger partial charge in [0, 0.05) is 11.6 Å². The third-order valence-electron chi connectivity index (χ3n) is 3.98. The Morgan fingerprint density at radius 2 is 2.05 bits per heavy atom. The number of hydrogen-bond acceptors (Lipinski definition) is 5. The molecule has 22 heavy (non-hydrogen) atoms. The first-order chi connectivity index (χ1) is 10.3. The molecular formula is C14H16N2O6. The number of carbonyl (C=O) groups excluding carboxylic acids is 1. The van der Waals surface area contributed by atoms with E-state index in [4.69, 9.17) is 4.74 Å². The van der Waals surface area contributed by atoms with E-state index in [1.807, 2.05) is 0 Å². The monoisotopic (exact) mass is 308 g/mol. The van der Waals surface area contributed by atoms with Gasteiger partial charge in [0.05, 0.1) is 17.6 Å². The third-order valence-corrected chi connectivity index (χ3v) is 3.98. The number of carboxylic acids is 1. The first kappa shape index (κ1) is 15.7. The van der Waals surface area contributed by atoms with Crippen molar-refractivity contribution in [2.75, 3.05) is 7.11 Å². The van der Waals surface area contributed by atoms with E-state index in [-0.39, 0.29) is 17.0 Å². The van der Waals surface area contributed by atoms with Crippen molar-refractivity contribution in [1.29, 1.82) is 0 Å². The van der Waals surface area contributed by atoms with Gasteiger partial charge in [-0.2, -0.15) is 0 Å². The van der Waals surface area contributed by atoms with Crippen LogP contribution in [-0.2, 0) is 4.79 Å². The summed E-state index contributed by atoms with van der Waals surface area (Å²) in [6.07, 6.45) is 1.41. The molecular weight excluding hydrogens is 292 g/mol. The number of nitrogens with zero attached hydrogens (tertiary/aromatic N) is 1. The average Bonchev–Trinajstić information content (AvgIpc) is 2.41. The SMILES string of the molecule is COc1cc(C(=O)NC2(C(=O)O)CCC2)cc([N+](=O)[O-])c1C. The molecule has 8 nitrogen and oxygen atoms in total. The molecule has 1 saturated carbocycles.